The number of carbonyl (C=O) groups excluding carboxylic acids is 2. The fraction of sp³-hybridized carbons (Fsp3) is 0.579. The molecule has 0 radical (unpaired) electrons. The highest BCUT2D eigenvalue weighted by Crippen LogP contribution is 2.18. The van der Waals surface area contributed by atoms with Crippen molar-refractivity contribution in [3.8, 4) is 5.75 Å². The first-order chi connectivity index (χ1) is 12.1. The topological polar surface area (TPSA) is 70.7 Å². The number of hydrogen-bond donors (Lipinski definition) is 2. The molecule has 2 atom stereocenters. The molecule has 0 spiro atoms. The third-order valence-electron chi connectivity index (χ3n) is 4.55. The van der Waals surface area contributed by atoms with Gasteiger partial charge in [0.1, 0.15) is 5.75 Å². The van der Waals surface area contributed by atoms with Gasteiger partial charge in [-0.1, -0.05) is 18.2 Å². The molecule has 1 saturated heterocycles. The van der Waals surface area contributed by atoms with Crippen LogP contribution in [-0.2, 0) is 9.59 Å². The van der Waals surface area contributed by atoms with Gasteiger partial charge in [0.15, 0.2) is 0 Å². The number of benzene rings is 1. The summed E-state index contributed by atoms with van der Waals surface area (Å²) in [7, 11) is 1.87. The summed E-state index contributed by atoms with van der Waals surface area (Å²) in [5, 5.41) is 6.06. The van der Waals surface area contributed by atoms with Crippen molar-refractivity contribution in [2.45, 2.75) is 32.2 Å². The normalized spacial score (nSPS) is 18.5. The van der Waals surface area contributed by atoms with Crippen LogP contribution in [0.1, 0.15) is 26.2 Å². The standard InChI is InChI=1S/C19H29N3O3/c1-15(20-2)13-21-19(24)16-7-6-11-22(14-16)18(23)10-12-25-17-8-4-3-5-9-17/h3-5,8-9,15-16,20H,6-7,10-14H2,1-2H3,(H,21,24). The van der Waals surface area contributed by atoms with E-state index in [4.69, 9.17) is 4.74 Å². The van der Waals surface area contributed by atoms with Gasteiger partial charge in [0, 0.05) is 25.7 Å². The third-order valence-corrected chi connectivity index (χ3v) is 4.55. The highest BCUT2D eigenvalue weighted by Gasteiger charge is 2.28. The van der Waals surface area contributed by atoms with E-state index < -0.39 is 0 Å². The molecule has 25 heavy (non-hydrogen) atoms. The molecule has 2 unspecified atom stereocenters. The Kier molecular flexibility index (Phi) is 7.73. The maximum atomic E-state index is 12.4. The van der Waals surface area contributed by atoms with Crippen molar-refractivity contribution in [2.24, 2.45) is 5.92 Å². The van der Waals surface area contributed by atoms with Crippen LogP contribution < -0.4 is 15.4 Å². The van der Waals surface area contributed by atoms with Crippen LogP contribution in [0.25, 0.3) is 0 Å². The smallest absolute Gasteiger partial charge is 0.226 e. The van der Waals surface area contributed by atoms with Crippen LogP contribution in [0.4, 0.5) is 0 Å². The first-order valence-electron chi connectivity index (χ1n) is 9.00. The zero-order valence-electron chi connectivity index (χ0n) is 15.2. The molecule has 0 saturated carbocycles. The van der Waals surface area contributed by atoms with Gasteiger partial charge in [-0.05, 0) is 38.9 Å². The van der Waals surface area contributed by atoms with Gasteiger partial charge in [-0.3, -0.25) is 9.59 Å². The van der Waals surface area contributed by atoms with Gasteiger partial charge in [-0.25, -0.2) is 0 Å². The number of piperidine rings is 1. The second kappa shape index (κ2) is 10.0. The molecule has 1 aliphatic rings. The van der Waals surface area contributed by atoms with E-state index >= 15 is 0 Å². The number of likely N-dealkylation sites (N-methyl/N-ethyl adjacent to an activating group) is 1. The number of likely N-dealkylation sites (tertiary alicyclic amines) is 1. The van der Waals surface area contributed by atoms with Crippen molar-refractivity contribution >= 4 is 11.8 Å². The Bertz CT molecular complexity index is 550. The third kappa shape index (κ3) is 6.38. The maximum absolute atomic E-state index is 12.4. The number of hydrogen-bond acceptors (Lipinski definition) is 4. The number of nitrogens with zero attached hydrogens (tertiary/aromatic N) is 1. The molecule has 1 heterocycles. The lowest BCUT2D eigenvalue weighted by atomic mass is 9.96. The first-order valence-corrected chi connectivity index (χ1v) is 9.00. The summed E-state index contributed by atoms with van der Waals surface area (Å²) in [6.07, 6.45) is 2.04. The Balaban J connectivity index is 1.73. The van der Waals surface area contributed by atoms with Gasteiger partial charge in [-0.2, -0.15) is 0 Å². The van der Waals surface area contributed by atoms with E-state index in [1.165, 1.54) is 0 Å². The fourth-order valence-electron chi connectivity index (χ4n) is 2.85. The molecule has 6 nitrogen and oxygen atoms in total. The van der Waals surface area contributed by atoms with Gasteiger partial charge >= 0.3 is 0 Å². The molecule has 1 aromatic carbocycles. The van der Waals surface area contributed by atoms with Crippen molar-refractivity contribution in [2.75, 3.05) is 33.3 Å². The monoisotopic (exact) mass is 347 g/mol. The summed E-state index contributed by atoms with van der Waals surface area (Å²) >= 11 is 0. The van der Waals surface area contributed by atoms with E-state index in [9.17, 15) is 9.59 Å². The van der Waals surface area contributed by atoms with Crippen LogP contribution in [0.15, 0.2) is 30.3 Å². The van der Waals surface area contributed by atoms with Gasteiger partial charge in [0.2, 0.25) is 11.8 Å². The average molecular weight is 347 g/mol. The van der Waals surface area contributed by atoms with E-state index in [1.807, 2.05) is 44.3 Å². The second-order valence-electron chi connectivity index (χ2n) is 6.53. The average Bonchev–Trinajstić information content (AvgIpc) is 2.66. The first kappa shape index (κ1) is 19.2. The lowest BCUT2D eigenvalue weighted by Gasteiger charge is -2.32. The highest BCUT2D eigenvalue weighted by atomic mass is 16.5. The summed E-state index contributed by atoms with van der Waals surface area (Å²) in [6.45, 7) is 4.20. The van der Waals surface area contributed by atoms with Crippen molar-refractivity contribution in [3.63, 3.8) is 0 Å². The largest absolute Gasteiger partial charge is 0.493 e. The number of ether oxygens (including phenoxy) is 1. The van der Waals surface area contributed by atoms with E-state index in [1.54, 1.807) is 4.90 Å². The molecule has 0 aromatic heterocycles. The Labute approximate surface area is 149 Å². The summed E-state index contributed by atoms with van der Waals surface area (Å²) in [5.74, 6) is 0.749. The molecule has 2 N–H and O–H groups in total. The SMILES string of the molecule is CNC(C)CNC(=O)C1CCCN(C(=O)CCOc2ccccc2)C1. The summed E-state index contributed by atoms with van der Waals surface area (Å²) in [4.78, 5) is 26.5. The minimum absolute atomic E-state index is 0.0418. The fourth-order valence-corrected chi connectivity index (χ4v) is 2.85. The second-order valence-corrected chi connectivity index (χ2v) is 6.53. The quantitative estimate of drug-likeness (QED) is 0.746. The zero-order chi connectivity index (χ0) is 18.1. The number of rotatable bonds is 8. The maximum Gasteiger partial charge on any atom is 0.226 e. The molecule has 2 amide bonds. The van der Waals surface area contributed by atoms with Gasteiger partial charge in [0.25, 0.3) is 0 Å². The van der Waals surface area contributed by atoms with Crippen LogP contribution in [0.3, 0.4) is 0 Å². The molecular formula is C19H29N3O3. The van der Waals surface area contributed by atoms with Gasteiger partial charge in [0.05, 0.1) is 18.9 Å². The minimum Gasteiger partial charge on any atom is -0.493 e. The van der Waals surface area contributed by atoms with E-state index in [2.05, 4.69) is 10.6 Å². The predicted octanol–water partition coefficient (Wildman–Crippen LogP) is 1.42. The molecule has 1 fully saturated rings. The molecule has 2 rings (SSSR count). The van der Waals surface area contributed by atoms with Crippen molar-refractivity contribution in [3.05, 3.63) is 30.3 Å². The van der Waals surface area contributed by atoms with E-state index in [0.717, 1.165) is 25.1 Å². The van der Waals surface area contributed by atoms with Crippen LogP contribution in [0, 0.1) is 5.92 Å². The van der Waals surface area contributed by atoms with Gasteiger partial charge < -0.3 is 20.3 Å². The molecule has 138 valence electrons. The van der Waals surface area contributed by atoms with E-state index in [-0.39, 0.29) is 23.8 Å². The highest BCUT2D eigenvalue weighted by molar-refractivity contribution is 5.81. The molecule has 1 aromatic rings. The van der Waals surface area contributed by atoms with Crippen molar-refractivity contribution < 1.29 is 14.3 Å². The van der Waals surface area contributed by atoms with Crippen LogP contribution in [0.2, 0.25) is 0 Å². The Morgan fingerprint density at radius 1 is 1.32 bits per heavy atom. The number of para-hydroxylation sites is 1. The number of nitrogens with one attached hydrogen (secondary N) is 2. The summed E-state index contributed by atoms with van der Waals surface area (Å²) in [5.41, 5.74) is 0. The molecular weight excluding hydrogens is 318 g/mol. The summed E-state index contributed by atoms with van der Waals surface area (Å²) in [6, 6.07) is 9.71. The predicted molar refractivity (Wildman–Crippen MR) is 97.4 cm³/mol. The number of amides is 2. The van der Waals surface area contributed by atoms with Crippen molar-refractivity contribution in [1.82, 2.24) is 15.5 Å². The lowest BCUT2D eigenvalue weighted by molar-refractivity contribution is -0.136. The van der Waals surface area contributed by atoms with Crippen LogP contribution >= 0.6 is 0 Å². The molecule has 0 aliphatic carbocycles. The lowest BCUT2D eigenvalue weighted by Crippen LogP contribution is -2.47. The van der Waals surface area contributed by atoms with Crippen molar-refractivity contribution in [1.29, 1.82) is 0 Å². The van der Waals surface area contributed by atoms with E-state index in [0.29, 0.717) is 26.1 Å². The molecule has 0 bridgehead atoms. The zero-order valence-corrected chi connectivity index (χ0v) is 15.2. The summed E-state index contributed by atoms with van der Waals surface area (Å²) < 4.78 is 5.59. The minimum atomic E-state index is -0.114. The Morgan fingerprint density at radius 2 is 2.08 bits per heavy atom. The number of carbonyl (C=O) groups is 2. The molecule has 6 heteroatoms. The van der Waals surface area contributed by atoms with Crippen LogP contribution in [-0.4, -0.2) is 56.0 Å². The molecule has 1 aliphatic heterocycles. The Morgan fingerprint density at radius 3 is 2.80 bits per heavy atom. The Hall–Kier alpha value is -2.08. The van der Waals surface area contributed by atoms with Crippen LogP contribution in [0.5, 0.6) is 5.75 Å². The van der Waals surface area contributed by atoms with Gasteiger partial charge in [-0.15, -0.1) is 0 Å².